The van der Waals surface area contributed by atoms with E-state index in [4.69, 9.17) is 15.2 Å². The van der Waals surface area contributed by atoms with Gasteiger partial charge in [0.2, 0.25) is 0 Å². The predicted octanol–water partition coefficient (Wildman–Crippen LogP) is 5.46. The van der Waals surface area contributed by atoms with Gasteiger partial charge in [-0.2, -0.15) is 13.2 Å². The number of hydrogen-bond acceptors (Lipinski definition) is 5. The number of carbonyl (C=O) groups is 1. The fourth-order valence-electron chi connectivity index (χ4n) is 4.35. The van der Waals surface area contributed by atoms with Crippen molar-refractivity contribution >= 4 is 6.09 Å². The zero-order chi connectivity index (χ0) is 27.0. The summed E-state index contributed by atoms with van der Waals surface area (Å²) in [6.07, 6.45) is -6.32. The lowest BCUT2D eigenvalue weighted by molar-refractivity contribution is -0.155. The number of fused-ring (bicyclic) bond motifs is 1. The van der Waals surface area contributed by atoms with Gasteiger partial charge in [0.1, 0.15) is 35.8 Å². The Balaban J connectivity index is 2.06. The maximum absolute atomic E-state index is 15.5. The first-order chi connectivity index (χ1) is 16.6. The molecule has 0 spiro atoms. The quantitative estimate of drug-likeness (QED) is 0.499. The van der Waals surface area contributed by atoms with Gasteiger partial charge in [0.15, 0.2) is 0 Å². The van der Waals surface area contributed by atoms with Crippen molar-refractivity contribution in [1.82, 2.24) is 4.90 Å². The molecule has 0 aliphatic carbocycles. The van der Waals surface area contributed by atoms with Crippen LogP contribution in [0.25, 0.3) is 0 Å². The lowest BCUT2D eigenvalue weighted by atomic mass is 9.84. The summed E-state index contributed by atoms with van der Waals surface area (Å²) in [6, 6.07) is 3.72. The zero-order valence-electron chi connectivity index (χ0n) is 20.3. The molecule has 3 rings (SSSR count). The molecule has 1 aliphatic rings. The summed E-state index contributed by atoms with van der Waals surface area (Å²) in [5.41, 5.74) is 4.59. The average Bonchev–Trinajstić information content (AvgIpc) is 2.70. The molecule has 0 aromatic heterocycles. The highest BCUT2D eigenvalue weighted by Gasteiger charge is 2.42. The summed E-state index contributed by atoms with van der Waals surface area (Å²) in [7, 11) is 0. The number of alkyl halides is 3. The van der Waals surface area contributed by atoms with Gasteiger partial charge >= 0.3 is 12.3 Å². The third kappa shape index (κ3) is 6.37. The van der Waals surface area contributed by atoms with Crippen molar-refractivity contribution in [2.24, 2.45) is 11.1 Å². The van der Waals surface area contributed by atoms with E-state index >= 15 is 8.78 Å². The summed E-state index contributed by atoms with van der Waals surface area (Å²) < 4.78 is 81.8. The summed E-state index contributed by atoms with van der Waals surface area (Å²) in [5.74, 6) is -2.52. The number of nitrogens with two attached hydrogens (primary N) is 1. The highest BCUT2D eigenvalue weighted by Crippen LogP contribution is 2.43. The van der Waals surface area contributed by atoms with Crippen molar-refractivity contribution in [3.8, 4) is 11.5 Å². The minimum Gasteiger partial charge on any atom is -0.508 e. The first-order valence-electron chi connectivity index (χ1n) is 11.3. The third-order valence-corrected chi connectivity index (χ3v) is 6.14. The molecule has 3 atom stereocenters. The molecule has 1 amide bonds. The van der Waals surface area contributed by atoms with Crippen LogP contribution in [0.5, 0.6) is 11.5 Å². The average molecular weight is 517 g/mol. The van der Waals surface area contributed by atoms with E-state index in [1.807, 2.05) is 0 Å². The van der Waals surface area contributed by atoms with E-state index in [0.717, 1.165) is 17.0 Å². The Morgan fingerprint density at radius 3 is 2.31 bits per heavy atom. The Morgan fingerprint density at radius 2 is 1.78 bits per heavy atom. The molecular weight excluding hydrogens is 487 g/mol. The number of benzene rings is 2. The van der Waals surface area contributed by atoms with Crippen LogP contribution in [0.15, 0.2) is 30.3 Å². The van der Waals surface area contributed by atoms with Gasteiger partial charge in [-0.15, -0.1) is 0 Å². The number of carbonyl (C=O) groups excluding carboxylic acids is 1. The third-order valence-electron chi connectivity index (χ3n) is 6.14. The van der Waals surface area contributed by atoms with Gasteiger partial charge < -0.3 is 20.3 Å². The van der Waals surface area contributed by atoms with E-state index in [2.05, 4.69) is 0 Å². The molecule has 0 saturated heterocycles. The van der Waals surface area contributed by atoms with Gasteiger partial charge in [0.25, 0.3) is 0 Å². The first-order valence-corrected chi connectivity index (χ1v) is 11.3. The van der Waals surface area contributed by atoms with Crippen molar-refractivity contribution in [2.75, 3.05) is 13.2 Å². The number of ether oxygens (including phenoxy) is 2. The molecule has 198 valence electrons. The Bertz CT molecular complexity index is 1090. The van der Waals surface area contributed by atoms with E-state index < -0.39 is 59.6 Å². The van der Waals surface area contributed by atoms with E-state index in [-0.39, 0.29) is 30.1 Å². The molecule has 36 heavy (non-hydrogen) atoms. The molecule has 3 N–H and O–H groups in total. The second-order valence-corrected chi connectivity index (χ2v) is 10.0. The van der Waals surface area contributed by atoms with E-state index in [1.165, 1.54) is 25.1 Å². The number of rotatable bonds is 6. The largest absolute Gasteiger partial charge is 0.508 e. The van der Waals surface area contributed by atoms with Gasteiger partial charge in [0.05, 0.1) is 12.6 Å². The summed E-state index contributed by atoms with van der Waals surface area (Å²) in [4.78, 5) is 12.0. The van der Waals surface area contributed by atoms with Crippen LogP contribution in [-0.2, 0) is 11.2 Å². The molecule has 11 heteroatoms. The molecule has 1 heterocycles. The fourth-order valence-corrected chi connectivity index (χ4v) is 4.35. The van der Waals surface area contributed by atoms with E-state index in [1.54, 1.807) is 20.8 Å². The van der Waals surface area contributed by atoms with Crippen molar-refractivity contribution in [3.05, 3.63) is 58.7 Å². The molecule has 2 aromatic rings. The van der Waals surface area contributed by atoms with Gasteiger partial charge in [-0.25, -0.2) is 13.6 Å². The van der Waals surface area contributed by atoms with Crippen LogP contribution >= 0.6 is 0 Å². The normalized spacial score (nSPS) is 19.5. The van der Waals surface area contributed by atoms with Crippen molar-refractivity contribution in [2.45, 2.75) is 58.5 Å². The monoisotopic (exact) mass is 516 g/mol. The zero-order valence-corrected chi connectivity index (χ0v) is 20.3. The molecule has 0 radical (unpaired) electrons. The minimum atomic E-state index is -4.61. The van der Waals surface area contributed by atoms with Crippen molar-refractivity contribution in [1.29, 1.82) is 0 Å². The summed E-state index contributed by atoms with van der Waals surface area (Å²) in [6.45, 7) is 5.15. The molecule has 0 fully saturated rings. The maximum Gasteiger partial charge on any atom is 0.404 e. The van der Waals surface area contributed by atoms with Crippen molar-refractivity contribution in [3.63, 3.8) is 0 Å². The van der Waals surface area contributed by atoms with Gasteiger partial charge in [0, 0.05) is 29.2 Å². The Hall–Kier alpha value is -3.08. The van der Waals surface area contributed by atoms with Crippen LogP contribution in [0, 0.1) is 17.0 Å². The Kier molecular flexibility index (Phi) is 7.73. The van der Waals surface area contributed by atoms with E-state index in [9.17, 15) is 23.1 Å². The lowest BCUT2D eigenvalue weighted by Gasteiger charge is -2.42. The fraction of sp³-hybridized carbons (Fsp3) is 0.480. The predicted molar refractivity (Wildman–Crippen MR) is 122 cm³/mol. The molecule has 0 bridgehead atoms. The second-order valence-electron chi connectivity index (χ2n) is 10.0. The smallest absolute Gasteiger partial charge is 0.404 e. The Morgan fingerprint density at radius 1 is 1.17 bits per heavy atom. The number of halogens is 5. The molecule has 1 aliphatic heterocycles. The lowest BCUT2D eigenvalue weighted by Crippen LogP contribution is -2.47. The van der Waals surface area contributed by atoms with E-state index in [0.29, 0.717) is 5.56 Å². The summed E-state index contributed by atoms with van der Waals surface area (Å²) >= 11 is 0. The highest BCUT2D eigenvalue weighted by molar-refractivity contribution is 5.64. The molecule has 1 unspecified atom stereocenters. The summed E-state index contributed by atoms with van der Waals surface area (Å²) in [5, 5.41) is 9.86. The number of amides is 1. The van der Waals surface area contributed by atoms with Gasteiger partial charge in [-0.1, -0.05) is 26.8 Å². The maximum atomic E-state index is 15.5. The van der Waals surface area contributed by atoms with Gasteiger partial charge in [-0.3, -0.25) is 4.90 Å². The Labute approximate surface area is 205 Å². The van der Waals surface area contributed by atoms with Gasteiger partial charge in [-0.05, 0) is 36.6 Å². The van der Waals surface area contributed by atoms with Crippen molar-refractivity contribution < 1.29 is 41.3 Å². The number of primary amides is 1. The van der Waals surface area contributed by atoms with Crippen LogP contribution < -0.4 is 10.5 Å². The van der Waals surface area contributed by atoms with Crippen LogP contribution in [0.4, 0.5) is 26.7 Å². The number of nitrogens with zero attached hydrogens (tertiary/aromatic N) is 1. The van der Waals surface area contributed by atoms with Crippen LogP contribution in [0.3, 0.4) is 0 Å². The standard InChI is InChI=1S/C25H29F5N2O4/c1-13-7-14-8-15(33)5-6-17(14)22(32(13)12-25(28,29)30)21-18(26)9-16(10-19(21)27)36-20(24(2,3)4)11-35-23(31)34/h5-6,8-10,13,20,22,33H,7,11-12H2,1-4H3,(H2,31,34)/t13-,20?,22+/m1/s1. The first kappa shape index (κ1) is 27.5. The van der Waals surface area contributed by atoms with Crippen LogP contribution in [-0.4, -0.2) is 47.6 Å². The highest BCUT2D eigenvalue weighted by atomic mass is 19.4. The molecule has 0 saturated carbocycles. The molecule has 2 aromatic carbocycles. The SMILES string of the molecule is C[C@@H]1Cc2cc(O)ccc2[C@@H](c2c(F)cc(OC(COC(N)=O)C(C)(C)C)cc2F)N1CC(F)(F)F. The molecule has 6 nitrogen and oxygen atoms in total. The number of phenols is 1. The minimum absolute atomic E-state index is 0.0972. The number of aromatic hydroxyl groups is 1. The van der Waals surface area contributed by atoms with Crippen LogP contribution in [0.2, 0.25) is 0 Å². The second kappa shape index (κ2) is 10.1. The molecular formula is C25H29F5N2O4. The number of phenolic OH excluding ortho intramolecular Hbond substituents is 1. The topological polar surface area (TPSA) is 85.0 Å². The number of hydrogen-bond donors (Lipinski definition) is 2. The van der Waals surface area contributed by atoms with Crippen LogP contribution in [0.1, 0.15) is 50.4 Å².